The Hall–Kier alpha value is -2.46. The summed E-state index contributed by atoms with van der Waals surface area (Å²) in [5, 5.41) is 5.48. The Bertz CT molecular complexity index is 829. The van der Waals surface area contributed by atoms with Crippen LogP contribution >= 0.6 is 12.6 Å². The number of fused-ring (bicyclic) bond motifs is 2. The average molecular weight is 380 g/mol. The number of thiol groups is 1. The Balaban J connectivity index is 0.000000177. The first kappa shape index (κ1) is 19.3. The van der Waals surface area contributed by atoms with Gasteiger partial charge in [-0.3, -0.25) is 4.79 Å². The minimum absolute atomic E-state index is 0.0972. The number of hydrogen-bond acceptors (Lipinski definition) is 3. The first-order valence-corrected chi connectivity index (χ1v) is 10.00. The lowest BCUT2D eigenvalue weighted by atomic mass is 10.0. The Morgan fingerprint density at radius 1 is 0.889 bits per heavy atom. The standard InChI is InChI=1S/C13H17NO2S.C10H8/c15-13-6-3-10-9-11(4-5-12(10)14-13)16-7-1-2-8-17;1-2-6-10-8-4-3-7-9(10)5-1/h4-5,9,17H,1-3,6-8H2,(H,14,15);1-8H. The zero-order valence-electron chi connectivity index (χ0n) is 15.4. The lowest BCUT2D eigenvalue weighted by molar-refractivity contribution is -0.116. The molecule has 0 bridgehead atoms. The van der Waals surface area contributed by atoms with Crippen LogP contribution in [0.2, 0.25) is 0 Å². The zero-order chi connectivity index (χ0) is 18.9. The van der Waals surface area contributed by atoms with Crippen molar-refractivity contribution in [3.63, 3.8) is 0 Å². The van der Waals surface area contributed by atoms with Gasteiger partial charge < -0.3 is 10.1 Å². The lowest BCUT2D eigenvalue weighted by Gasteiger charge is -2.17. The zero-order valence-corrected chi connectivity index (χ0v) is 16.3. The molecule has 0 aromatic heterocycles. The number of carbonyl (C=O) groups excluding carboxylic acids is 1. The molecule has 3 aromatic rings. The summed E-state index contributed by atoms with van der Waals surface area (Å²) in [4.78, 5) is 11.2. The summed E-state index contributed by atoms with van der Waals surface area (Å²) in [6.45, 7) is 0.728. The van der Waals surface area contributed by atoms with Crippen LogP contribution < -0.4 is 10.1 Å². The van der Waals surface area contributed by atoms with Gasteiger partial charge in [-0.2, -0.15) is 12.6 Å². The number of ether oxygens (including phenoxy) is 1. The highest BCUT2D eigenvalue weighted by Crippen LogP contribution is 2.26. The van der Waals surface area contributed by atoms with E-state index in [1.165, 1.54) is 10.8 Å². The van der Waals surface area contributed by atoms with E-state index in [2.05, 4.69) is 66.5 Å². The highest BCUT2D eigenvalue weighted by Gasteiger charge is 2.14. The Labute approximate surface area is 166 Å². The topological polar surface area (TPSA) is 38.3 Å². The molecule has 4 rings (SSSR count). The van der Waals surface area contributed by atoms with E-state index < -0.39 is 0 Å². The van der Waals surface area contributed by atoms with Crippen molar-refractivity contribution >= 4 is 35.0 Å². The van der Waals surface area contributed by atoms with Gasteiger partial charge in [-0.05, 0) is 59.6 Å². The van der Waals surface area contributed by atoms with Gasteiger partial charge >= 0.3 is 0 Å². The van der Waals surface area contributed by atoms with Gasteiger partial charge in [0.2, 0.25) is 5.91 Å². The van der Waals surface area contributed by atoms with E-state index in [1.807, 2.05) is 18.2 Å². The molecule has 1 aliphatic heterocycles. The molecule has 1 heterocycles. The number of benzene rings is 3. The van der Waals surface area contributed by atoms with Crippen LogP contribution in [0.25, 0.3) is 10.8 Å². The molecule has 1 aliphatic rings. The molecular weight excluding hydrogens is 354 g/mol. The molecule has 0 saturated carbocycles. The summed E-state index contributed by atoms with van der Waals surface area (Å²) >= 11 is 4.16. The fourth-order valence-corrected chi connectivity index (χ4v) is 3.21. The van der Waals surface area contributed by atoms with Gasteiger partial charge in [0.15, 0.2) is 0 Å². The van der Waals surface area contributed by atoms with E-state index in [9.17, 15) is 4.79 Å². The van der Waals surface area contributed by atoms with Gasteiger partial charge in [0, 0.05) is 12.1 Å². The predicted molar refractivity (Wildman–Crippen MR) is 116 cm³/mol. The van der Waals surface area contributed by atoms with E-state index in [0.717, 1.165) is 48.6 Å². The van der Waals surface area contributed by atoms with Crippen LogP contribution in [0.1, 0.15) is 24.8 Å². The molecule has 4 heteroatoms. The van der Waals surface area contributed by atoms with Crippen molar-refractivity contribution < 1.29 is 9.53 Å². The lowest BCUT2D eigenvalue weighted by Crippen LogP contribution is -2.18. The SMILES string of the molecule is O=C1CCc2cc(OCCCCS)ccc2N1.c1ccc2ccccc2c1. The number of nitrogens with one attached hydrogen (secondary N) is 1. The van der Waals surface area contributed by atoms with Crippen LogP contribution in [0.3, 0.4) is 0 Å². The number of anilines is 1. The summed E-state index contributed by atoms with van der Waals surface area (Å²) in [7, 11) is 0. The smallest absolute Gasteiger partial charge is 0.224 e. The molecule has 0 radical (unpaired) electrons. The highest BCUT2D eigenvalue weighted by atomic mass is 32.1. The number of rotatable bonds is 5. The normalized spacial score (nSPS) is 12.6. The average Bonchev–Trinajstić information content (AvgIpc) is 2.72. The minimum atomic E-state index is 0.0972. The number of aryl methyl sites for hydroxylation is 1. The van der Waals surface area contributed by atoms with E-state index >= 15 is 0 Å². The molecule has 1 amide bonds. The molecule has 0 unspecified atom stereocenters. The first-order chi connectivity index (χ1) is 13.3. The van der Waals surface area contributed by atoms with Gasteiger partial charge in [0.05, 0.1) is 6.61 Å². The molecule has 0 aliphatic carbocycles. The first-order valence-electron chi connectivity index (χ1n) is 9.36. The Morgan fingerprint density at radius 2 is 1.56 bits per heavy atom. The van der Waals surface area contributed by atoms with Crippen molar-refractivity contribution in [2.45, 2.75) is 25.7 Å². The predicted octanol–water partition coefficient (Wildman–Crippen LogP) is 5.50. The quantitative estimate of drug-likeness (QED) is 0.454. The third kappa shape index (κ3) is 5.76. The summed E-state index contributed by atoms with van der Waals surface area (Å²) in [5.41, 5.74) is 2.08. The molecular formula is C23H25NO2S. The van der Waals surface area contributed by atoms with Crippen LogP contribution in [0.5, 0.6) is 5.75 Å². The molecule has 3 nitrogen and oxygen atoms in total. The van der Waals surface area contributed by atoms with Crippen molar-refractivity contribution in [1.82, 2.24) is 0 Å². The monoisotopic (exact) mass is 379 g/mol. The molecule has 0 atom stereocenters. The second-order valence-electron chi connectivity index (χ2n) is 6.49. The summed E-state index contributed by atoms with van der Waals surface area (Å²) in [5.74, 6) is 1.89. The van der Waals surface area contributed by atoms with Crippen LogP contribution in [0.4, 0.5) is 5.69 Å². The number of carbonyl (C=O) groups is 1. The third-order valence-electron chi connectivity index (χ3n) is 4.45. The number of amides is 1. The maximum Gasteiger partial charge on any atom is 0.224 e. The molecule has 0 spiro atoms. The second kappa shape index (κ2) is 10.0. The fraction of sp³-hybridized carbons (Fsp3) is 0.261. The maximum atomic E-state index is 11.2. The highest BCUT2D eigenvalue weighted by molar-refractivity contribution is 7.80. The summed E-state index contributed by atoms with van der Waals surface area (Å²) in [6, 6.07) is 22.6. The molecule has 27 heavy (non-hydrogen) atoms. The fourth-order valence-electron chi connectivity index (χ4n) is 2.99. The van der Waals surface area contributed by atoms with Crippen molar-refractivity contribution in [1.29, 1.82) is 0 Å². The molecule has 140 valence electrons. The molecule has 1 N–H and O–H groups in total. The third-order valence-corrected chi connectivity index (χ3v) is 4.77. The van der Waals surface area contributed by atoms with Gasteiger partial charge in [0.25, 0.3) is 0 Å². The van der Waals surface area contributed by atoms with Gasteiger partial charge in [0.1, 0.15) is 5.75 Å². The van der Waals surface area contributed by atoms with Crippen LogP contribution in [-0.2, 0) is 11.2 Å². The Kier molecular flexibility index (Phi) is 7.17. The maximum absolute atomic E-state index is 11.2. The minimum Gasteiger partial charge on any atom is -0.494 e. The molecule has 3 aromatic carbocycles. The second-order valence-corrected chi connectivity index (χ2v) is 6.94. The van der Waals surface area contributed by atoms with Crippen molar-refractivity contribution in [2.75, 3.05) is 17.7 Å². The summed E-state index contributed by atoms with van der Waals surface area (Å²) < 4.78 is 5.65. The van der Waals surface area contributed by atoms with E-state index in [-0.39, 0.29) is 5.91 Å². The Morgan fingerprint density at radius 3 is 2.19 bits per heavy atom. The van der Waals surface area contributed by atoms with Crippen LogP contribution in [0.15, 0.2) is 66.7 Å². The summed E-state index contributed by atoms with van der Waals surface area (Å²) in [6.07, 6.45) is 3.46. The van der Waals surface area contributed by atoms with Crippen molar-refractivity contribution in [3.8, 4) is 5.75 Å². The number of unbranched alkanes of at least 4 members (excludes halogenated alkanes) is 1. The van der Waals surface area contributed by atoms with Crippen LogP contribution in [0, 0.1) is 0 Å². The number of hydrogen-bond donors (Lipinski definition) is 2. The largest absolute Gasteiger partial charge is 0.494 e. The van der Waals surface area contributed by atoms with Gasteiger partial charge in [-0.1, -0.05) is 48.5 Å². The van der Waals surface area contributed by atoms with Crippen molar-refractivity contribution in [3.05, 3.63) is 72.3 Å². The van der Waals surface area contributed by atoms with Crippen LogP contribution in [-0.4, -0.2) is 18.3 Å². The van der Waals surface area contributed by atoms with E-state index in [1.54, 1.807) is 0 Å². The van der Waals surface area contributed by atoms with Gasteiger partial charge in [-0.25, -0.2) is 0 Å². The molecule has 0 saturated heterocycles. The van der Waals surface area contributed by atoms with E-state index in [0.29, 0.717) is 6.42 Å². The van der Waals surface area contributed by atoms with E-state index in [4.69, 9.17) is 4.74 Å². The van der Waals surface area contributed by atoms with Gasteiger partial charge in [-0.15, -0.1) is 0 Å². The van der Waals surface area contributed by atoms with Crippen molar-refractivity contribution in [2.24, 2.45) is 0 Å². The molecule has 0 fully saturated rings.